The molecule has 2 aliphatic heterocycles. The van der Waals surface area contributed by atoms with Crippen molar-refractivity contribution in [3.63, 3.8) is 0 Å². The highest BCUT2D eigenvalue weighted by Crippen LogP contribution is 2.18. The number of ether oxygens (including phenoxy) is 3. The Morgan fingerprint density at radius 3 is 2.64 bits per heavy atom. The molecule has 2 saturated heterocycles. The molecule has 0 bridgehead atoms. The van der Waals surface area contributed by atoms with Crippen molar-refractivity contribution >= 4 is 29.9 Å². The summed E-state index contributed by atoms with van der Waals surface area (Å²) < 4.78 is 17.6. The van der Waals surface area contributed by atoms with Gasteiger partial charge in [0.1, 0.15) is 12.4 Å². The first-order valence-electron chi connectivity index (χ1n) is 10.2. The Kier molecular flexibility index (Phi) is 11.0. The van der Waals surface area contributed by atoms with Gasteiger partial charge in [-0.3, -0.25) is 4.99 Å². The summed E-state index contributed by atoms with van der Waals surface area (Å²) in [6.07, 6.45) is 6.31. The molecule has 1 atom stereocenters. The van der Waals surface area contributed by atoms with Crippen LogP contribution >= 0.6 is 24.0 Å². The molecule has 1 N–H and O–H groups in total. The van der Waals surface area contributed by atoms with E-state index in [1.807, 2.05) is 37.4 Å². The second-order valence-corrected chi connectivity index (χ2v) is 7.14. The third-order valence-corrected chi connectivity index (χ3v) is 5.14. The number of piperidine rings is 1. The first-order valence-corrected chi connectivity index (χ1v) is 10.2. The van der Waals surface area contributed by atoms with E-state index in [0.717, 1.165) is 63.8 Å². The van der Waals surface area contributed by atoms with Gasteiger partial charge in [0, 0.05) is 26.7 Å². The predicted molar refractivity (Wildman–Crippen MR) is 123 cm³/mol. The van der Waals surface area contributed by atoms with Crippen molar-refractivity contribution in [2.24, 2.45) is 4.99 Å². The lowest BCUT2D eigenvalue weighted by molar-refractivity contribution is -0.0721. The summed E-state index contributed by atoms with van der Waals surface area (Å²) in [6.45, 7) is 4.92. The number of hydrogen-bond donors (Lipinski definition) is 1. The van der Waals surface area contributed by atoms with Crippen LogP contribution < -0.4 is 10.1 Å². The zero-order chi connectivity index (χ0) is 18.7. The third kappa shape index (κ3) is 7.75. The molecule has 0 saturated carbocycles. The monoisotopic (exact) mass is 503 g/mol. The van der Waals surface area contributed by atoms with Gasteiger partial charge in [0.05, 0.1) is 25.4 Å². The maximum atomic E-state index is 6.10. The number of nitrogens with one attached hydrogen (secondary N) is 1. The SMILES string of the molecule is CN=C(NCCOc1ccccc1)N1CCC(OCC2CCCCO2)CC1.I. The van der Waals surface area contributed by atoms with Gasteiger partial charge in [-0.2, -0.15) is 0 Å². The van der Waals surface area contributed by atoms with Crippen molar-refractivity contribution in [2.45, 2.75) is 44.3 Å². The summed E-state index contributed by atoms with van der Waals surface area (Å²) in [5.41, 5.74) is 0. The van der Waals surface area contributed by atoms with Crippen molar-refractivity contribution in [3.8, 4) is 5.75 Å². The Balaban J connectivity index is 0.00000280. The molecule has 28 heavy (non-hydrogen) atoms. The summed E-state index contributed by atoms with van der Waals surface area (Å²) >= 11 is 0. The van der Waals surface area contributed by atoms with Crippen molar-refractivity contribution in [3.05, 3.63) is 30.3 Å². The lowest BCUT2D eigenvalue weighted by atomic mass is 10.1. The van der Waals surface area contributed by atoms with Crippen LogP contribution in [0.3, 0.4) is 0 Å². The van der Waals surface area contributed by atoms with Gasteiger partial charge >= 0.3 is 0 Å². The van der Waals surface area contributed by atoms with Crippen LogP contribution in [0.5, 0.6) is 5.75 Å². The average Bonchev–Trinajstić information content (AvgIpc) is 2.74. The van der Waals surface area contributed by atoms with Gasteiger partial charge in [0.2, 0.25) is 0 Å². The second-order valence-electron chi connectivity index (χ2n) is 7.14. The molecule has 2 heterocycles. The largest absolute Gasteiger partial charge is 0.492 e. The van der Waals surface area contributed by atoms with Gasteiger partial charge in [0.25, 0.3) is 0 Å². The van der Waals surface area contributed by atoms with E-state index >= 15 is 0 Å². The smallest absolute Gasteiger partial charge is 0.193 e. The van der Waals surface area contributed by atoms with Gasteiger partial charge in [-0.25, -0.2) is 0 Å². The Morgan fingerprint density at radius 2 is 1.96 bits per heavy atom. The van der Waals surface area contributed by atoms with Gasteiger partial charge in [-0.05, 0) is 44.2 Å². The molecule has 0 spiro atoms. The molecule has 0 aromatic heterocycles. The summed E-state index contributed by atoms with van der Waals surface area (Å²) in [6, 6.07) is 9.89. The van der Waals surface area contributed by atoms with Crippen molar-refractivity contribution in [1.29, 1.82) is 0 Å². The molecule has 2 aliphatic rings. The number of hydrogen-bond acceptors (Lipinski definition) is 4. The van der Waals surface area contributed by atoms with Crippen molar-refractivity contribution < 1.29 is 14.2 Å². The van der Waals surface area contributed by atoms with Gasteiger partial charge < -0.3 is 24.4 Å². The third-order valence-electron chi connectivity index (χ3n) is 5.14. The average molecular weight is 503 g/mol. The number of nitrogens with zero attached hydrogens (tertiary/aromatic N) is 2. The highest BCUT2D eigenvalue weighted by molar-refractivity contribution is 14.0. The molecule has 7 heteroatoms. The number of aliphatic imine (C=N–C) groups is 1. The molecule has 2 fully saturated rings. The number of likely N-dealkylation sites (tertiary alicyclic amines) is 1. The maximum absolute atomic E-state index is 6.10. The maximum Gasteiger partial charge on any atom is 0.193 e. The Bertz CT molecular complexity index is 559. The minimum absolute atomic E-state index is 0. The van der Waals surface area contributed by atoms with Crippen LogP contribution in [0.1, 0.15) is 32.1 Å². The van der Waals surface area contributed by atoms with Crippen LogP contribution in [0, 0.1) is 0 Å². The van der Waals surface area contributed by atoms with E-state index < -0.39 is 0 Å². The number of para-hydroxylation sites is 1. The fourth-order valence-corrected chi connectivity index (χ4v) is 3.60. The van der Waals surface area contributed by atoms with E-state index in [1.54, 1.807) is 0 Å². The van der Waals surface area contributed by atoms with Gasteiger partial charge in [-0.15, -0.1) is 24.0 Å². The van der Waals surface area contributed by atoms with Crippen molar-refractivity contribution in [1.82, 2.24) is 10.2 Å². The van der Waals surface area contributed by atoms with E-state index in [4.69, 9.17) is 14.2 Å². The van der Waals surface area contributed by atoms with Gasteiger partial charge in [0.15, 0.2) is 5.96 Å². The Morgan fingerprint density at radius 1 is 1.18 bits per heavy atom. The van der Waals surface area contributed by atoms with E-state index in [1.165, 1.54) is 12.8 Å². The van der Waals surface area contributed by atoms with Crippen LogP contribution in [-0.4, -0.2) is 69.6 Å². The molecule has 6 nitrogen and oxygen atoms in total. The summed E-state index contributed by atoms with van der Waals surface area (Å²) in [4.78, 5) is 6.72. The summed E-state index contributed by atoms with van der Waals surface area (Å²) in [7, 11) is 1.84. The lowest BCUT2D eigenvalue weighted by Crippen LogP contribution is -2.48. The standard InChI is InChI=1S/C21H33N3O3.HI/c1-22-21(23-12-16-26-18-7-3-2-4-8-18)24-13-10-19(11-14-24)27-17-20-9-5-6-15-25-20;/h2-4,7-8,19-20H,5-6,9-17H2,1H3,(H,22,23);1H. The minimum Gasteiger partial charge on any atom is -0.492 e. The summed E-state index contributed by atoms with van der Waals surface area (Å²) in [5, 5.41) is 3.40. The molecule has 3 rings (SSSR count). The molecule has 0 radical (unpaired) electrons. The molecule has 1 aromatic carbocycles. The molecular weight excluding hydrogens is 469 g/mol. The van der Waals surface area contributed by atoms with E-state index in [0.29, 0.717) is 18.8 Å². The molecule has 0 amide bonds. The van der Waals surface area contributed by atoms with E-state index in [9.17, 15) is 0 Å². The minimum atomic E-state index is 0. The highest BCUT2D eigenvalue weighted by atomic mass is 127. The molecule has 158 valence electrons. The first-order chi connectivity index (χ1) is 13.3. The summed E-state index contributed by atoms with van der Waals surface area (Å²) in [5.74, 6) is 1.84. The van der Waals surface area contributed by atoms with Gasteiger partial charge in [-0.1, -0.05) is 18.2 Å². The first kappa shape index (κ1) is 23.2. The molecule has 1 unspecified atom stereocenters. The Hall–Kier alpha value is -1.06. The topological polar surface area (TPSA) is 55.3 Å². The zero-order valence-electron chi connectivity index (χ0n) is 16.8. The van der Waals surface area contributed by atoms with Crippen LogP contribution in [0.4, 0.5) is 0 Å². The van der Waals surface area contributed by atoms with Crippen LogP contribution in [0.2, 0.25) is 0 Å². The molecule has 1 aromatic rings. The van der Waals surface area contributed by atoms with E-state index in [-0.39, 0.29) is 24.0 Å². The normalized spacial score (nSPS) is 21.1. The van der Waals surface area contributed by atoms with Crippen molar-refractivity contribution in [2.75, 3.05) is 46.5 Å². The number of halogens is 1. The predicted octanol–water partition coefficient (Wildman–Crippen LogP) is 3.31. The highest BCUT2D eigenvalue weighted by Gasteiger charge is 2.23. The lowest BCUT2D eigenvalue weighted by Gasteiger charge is -2.35. The van der Waals surface area contributed by atoms with Crippen LogP contribution in [0.15, 0.2) is 35.3 Å². The second kappa shape index (κ2) is 13.2. The molecular formula is C21H34IN3O3. The number of guanidine groups is 1. The number of benzene rings is 1. The van der Waals surface area contributed by atoms with Crippen LogP contribution in [-0.2, 0) is 9.47 Å². The Labute approximate surface area is 186 Å². The fourth-order valence-electron chi connectivity index (χ4n) is 3.60. The molecule has 0 aliphatic carbocycles. The van der Waals surface area contributed by atoms with Crippen LogP contribution in [0.25, 0.3) is 0 Å². The fraction of sp³-hybridized carbons (Fsp3) is 0.667. The van der Waals surface area contributed by atoms with E-state index in [2.05, 4.69) is 15.2 Å². The zero-order valence-corrected chi connectivity index (χ0v) is 19.2. The number of rotatable bonds is 7. The quantitative estimate of drug-likeness (QED) is 0.268.